The zero-order valence-electron chi connectivity index (χ0n) is 11.4. The van der Waals surface area contributed by atoms with Crippen molar-refractivity contribution in [1.82, 2.24) is 4.57 Å². The highest BCUT2D eigenvalue weighted by atomic mass is 19.2. The van der Waals surface area contributed by atoms with E-state index in [1.807, 2.05) is 0 Å². The van der Waals surface area contributed by atoms with Crippen molar-refractivity contribution in [2.24, 2.45) is 0 Å². The maximum atomic E-state index is 13.9. The molecule has 0 aliphatic rings. The van der Waals surface area contributed by atoms with Crippen LogP contribution in [0, 0.1) is 17.5 Å². The Bertz CT molecular complexity index is 783. The van der Waals surface area contributed by atoms with Gasteiger partial charge in [-0.25, -0.2) is 18.0 Å². The van der Waals surface area contributed by atoms with Crippen LogP contribution in [0.3, 0.4) is 0 Å². The summed E-state index contributed by atoms with van der Waals surface area (Å²) < 4.78 is 46.5. The summed E-state index contributed by atoms with van der Waals surface area (Å²) in [7, 11) is 0. The number of benzene rings is 1. The van der Waals surface area contributed by atoms with Crippen LogP contribution in [0.15, 0.2) is 17.1 Å². The number of hydrogen-bond donors (Lipinski definition) is 0. The normalized spacial score (nSPS) is 10.9. The lowest BCUT2D eigenvalue weighted by atomic mass is 10.1. The van der Waals surface area contributed by atoms with Gasteiger partial charge >= 0.3 is 5.97 Å². The van der Waals surface area contributed by atoms with Crippen LogP contribution in [0.2, 0.25) is 0 Å². The highest BCUT2D eigenvalue weighted by Gasteiger charge is 2.22. The van der Waals surface area contributed by atoms with Crippen molar-refractivity contribution < 1.29 is 22.7 Å². The molecular formula is C14H12F3NO3. The zero-order chi connectivity index (χ0) is 15.7. The summed E-state index contributed by atoms with van der Waals surface area (Å²) in [6.45, 7) is 3.46. The molecule has 0 atom stereocenters. The summed E-state index contributed by atoms with van der Waals surface area (Å²) >= 11 is 0. The van der Waals surface area contributed by atoms with Crippen LogP contribution in [-0.4, -0.2) is 17.1 Å². The highest BCUT2D eigenvalue weighted by molar-refractivity contribution is 5.94. The zero-order valence-corrected chi connectivity index (χ0v) is 11.4. The highest BCUT2D eigenvalue weighted by Crippen LogP contribution is 2.21. The number of aryl methyl sites for hydroxylation is 1. The van der Waals surface area contributed by atoms with Gasteiger partial charge in [-0.05, 0) is 13.8 Å². The predicted molar refractivity (Wildman–Crippen MR) is 69.7 cm³/mol. The van der Waals surface area contributed by atoms with Crippen molar-refractivity contribution in [3.05, 3.63) is 45.5 Å². The quantitative estimate of drug-likeness (QED) is 0.646. The third-order valence-corrected chi connectivity index (χ3v) is 3.04. The molecule has 0 radical (unpaired) electrons. The van der Waals surface area contributed by atoms with Crippen molar-refractivity contribution in [2.45, 2.75) is 20.4 Å². The minimum atomic E-state index is -1.75. The number of esters is 1. The first-order chi connectivity index (χ1) is 9.92. The summed E-state index contributed by atoms with van der Waals surface area (Å²) in [4.78, 5) is 23.9. The molecule has 2 rings (SSSR count). The molecular weight excluding hydrogens is 287 g/mol. The summed E-state index contributed by atoms with van der Waals surface area (Å²) in [5.74, 6) is -5.69. The standard InChI is InChI=1S/C14H12F3NO3/c1-3-18-6-7(14(20)21-4-2)13(19)10-9(18)5-8(15)11(16)12(10)17/h5-6H,3-4H2,1-2H3. The lowest BCUT2D eigenvalue weighted by molar-refractivity contribution is 0.0524. The van der Waals surface area contributed by atoms with Crippen molar-refractivity contribution >= 4 is 16.9 Å². The number of hydrogen-bond acceptors (Lipinski definition) is 3. The van der Waals surface area contributed by atoms with Crippen molar-refractivity contribution in [2.75, 3.05) is 6.61 Å². The molecule has 0 N–H and O–H groups in total. The fourth-order valence-corrected chi connectivity index (χ4v) is 2.06. The molecule has 1 aromatic heterocycles. The second-order valence-corrected chi connectivity index (χ2v) is 4.26. The Hall–Kier alpha value is -2.31. The van der Waals surface area contributed by atoms with Crippen LogP contribution in [0.25, 0.3) is 10.9 Å². The summed E-state index contributed by atoms with van der Waals surface area (Å²) in [6, 6.07) is 0.730. The van der Waals surface area contributed by atoms with E-state index in [0.29, 0.717) is 0 Å². The number of carbonyl (C=O) groups excluding carboxylic acids is 1. The second-order valence-electron chi connectivity index (χ2n) is 4.26. The number of rotatable bonds is 3. The van der Waals surface area contributed by atoms with Crippen LogP contribution in [-0.2, 0) is 11.3 Å². The first kappa shape index (κ1) is 15.1. The molecule has 0 bridgehead atoms. The van der Waals surface area contributed by atoms with Gasteiger partial charge in [-0.2, -0.15) is 0 Å². The SMILES string of the molecule is CCOC(=O)c1cn(CC)c2cc(F)c(F)c(F)c2c1=O. The van der Waals surface area contributed by atoms with Crippen LogP contribution in [0.5, 0.6) is 0 Å². The van der Waals surface area contributed by atoms with Gasteiger partial charge in [0.15, 0.2) is 17.5 Å². The monoisotopic (exact) mass is 299 g/mol. The molecule has 1 aromatic carbocycles. The van der Waals surface area contributed by atoms with Crippen molar-refractivity contribution in [3.8, 4) is 0 Å². The number of halogens is 3. The topological polar surface area (TPSA) is 48.3 Å². The number of ether oxygens (including phenoxy) is 1. The molecule has 0 fully saturated rings. The molecule has 0 spiro atoms. The van der Waals surface area contributed by atoms with E-state index in [9.17, 15) is 22.8 Å². The molecule has 0 saturated carbocycles. The molecule has 0 unspecified atom stereocenters. The minimum Gasteiger partial charge on any atom is -0.462 e. The maximum Gasteiger partial charge on any atom is 0.343 e. The minimum absolute atomic E-state index is 0.0305. The molecule has 2 aromatic rings. The molecule has 7 heteroatoms. The van der Waals surface area contributed by atoms with Crippen LogP contribution < -0.4 is 5.43 Å². The molecule has 4 nitrogen and oxygen atoms in total. The third kappa shape index (κ3) is 2.39. The number of nitrogens with zero attached hydrogens (tertiary/aromatic N) is 1. The Morgan fingerprint density at radius 2 is 1.90 bits per heavy atom. The average Bonchev–Trinajstić information content (AvgIpc) is 2.45. The predicted octanol–water partition coefficient (Wildman–Crippen LogP) is 2.62. The van der Waals surface area contributed by atoms with E-state index in [1.54, 1.807) is 13.8 Å². The molecule has 0 amide bonds. The fourth-order valence-electron chi connectivity index (χ4n) is 2.06. The average molecular weight is 299 g/mol. The summed E-state index contributed by atoms with van der Waals surface area (Å²) in [5.41, 5.74) is -1.56. The molecule has 21 heavy (non-hydrogen) atoms. The summed E-state index contributed by atoms with van der Waals surface area (Å²) in [5, 5.41) is -0.665. The molecule has 1 heterocycles. The number of aromatic nitrogens is 1. The van der Waals surface area contributed by atoms with Gasteiger partial charge in [-0.1, -0.05) is 0 Å². The molecule has 112 valence electrons. The number of pyridine rings is 1. The van der Waals surface area contributed by atoms with E-state index in [0.717, 1.165) is 12.3 Å². The lowest BCUT2D eigenvalue weighted by Gasteiger charge is -2.12. The number of fused-ring (bicyclic) bond motifs is 1. The number of carbonyl (C=O) groups is 1. The summed E-state index contributed by atoms with van der Waals surface area (Å²) in [6.07, 6.45) is 1.15. The lowest BCUT2D eigenvalue weighted by Crippen LogP contribution is -2.22. The Labute approximate surface area is 117 Å². The smallest absolute Gasteiger partial charge is 0.343 e. The van der Waals surface area contributed by atoms with Gasteiger partial charge in [-0.15, -0.1) is 0 Å². The molecule has 0 aliphatic heterocycles. The van der Waals surface area contributed by atoms with Gasteiger partial charge in [0.1, 0.15) is 5.56 Å². The van der Waals surface area contributed by atoms with Crippen LogP contribution in [0.1, 0.15) is 24.2 Å². The van der Waals surface area contributed by atoms with Gasteiger partial charge in [0.2, 0.25) is 5.43 Å². The van der Waals surface area contributed by atoms with Gasteiger partial charge < -0.3 is 9.30 Å². The van der Waals surface area contributed by atoms with E-state index in [-0.39, 0.29) is 18.7 Å². The third-order valence-electron chi connectivity index (χ3n) is 3.04. The Balaban J connectivity index is 2.92. The molecule has 0 aliphatic carbocycles. The van der Waals surface area contributed by atoms with Crippen LogP contribution >= 0.6 is 0 Å². The van der Waals surface area contributed by atoms with E-state index >= 15 is 0 Å². The Morgan fingerprint density at radius 1 is 1.24 bits per heavy atom. The van der Waals surface area contributed by atoms with Gasteiger partial charge in [-0.3, -0.25) is 4.79 Å². The van der Waals surface area contributed by atoms with Crippen molar-refractivity contribution in [3.63, 3.8) is 0 Å². The van der Waals surface area contributed by atoms with E-state index < -0.39 is 39.8 Å². The van der Waals surface area contributed by atoms with Crippen LogP contribution in [0.4, 0.5) is 13.2 Å². The van der Waals surface area contributed by atoms with Crippen molar-refractivity contribution in [1.29, 1.82) is 0 Å². The first-order valence-corrected chi connectivity index (χ1v) is 6.30. The van der Waals surface area contributed by atoms with Gasteiger partial charge in [0.25, 0.3) is 0 Å². The fraction of sp³-hybridized carbons (Fsp3) is 0.286. The Kier molecular flexibility index (Phi) is 4.02. The molecule has 0 saturated heterocycles. The van der Waals surface area contributed by atoms with Gasteiger partial charge in [0, 0.05) is 18.8 Å². The Morgan fingerprint density at radius 3 is 2.48 bits per heavy atom. The first-order valence-electron chi connectivity index (χ1n) is 6.30. The van der Waals surface area contributed by atoms with E-state index in [1.165, 1.54) is 4.57 Å². The largest absolute Gasteiger partial charge is 0.462 e. The van der Waals surface area contributed by atoms with Gasteiger partial charge in [0.05, 0.1) is 17.5 Å². The maximum absolute atomic E-state index is 13.9. The van der Waals surface area contributed by atoms with E-state index in [4.69, 9.17) is 4.74 Å². The second kappa shape index (κ2) is 5.59. The van der Waals surface area contributed by atoms with E-state index in [2.05, 4.69) is 0 Å².